The molecule has 0 spiro atoms. The molecule has 0 aliphatic carbocycles. The molecule has 0 radical (unpaired) electrons. The van der Waals surface area contributed by atoms with Gasteiger partial charge in [-0.15, -0.1) is 0 Å². The molecule has 7 heteroatoms. The third-order valence-corrected chi connectivity index (χ3v) is 3.91. The average molecular weight is 347 g/mol. The summed E-state index contributed by atoms with van der Waals surface area (Å²) in [6, 6.07) is 3.98. The van der Waals surface area contributed by atoms with Crippen molar-refractivity contribution >= 4 is 35.0 Å². The molecule has 0 aromatic heterocycles. The molecule has 3 unspecified atom stereocenters. The maximum absolute atomic E-state index is 12.1. The zero-order valence-corrected chi connectivity index (χ0v) is 14.2. The molecule has 0 aliphatic heterocycles. The first-order valence-electron chi connectivity index (χ1n) is 6.97. The highest BCUT2D eigenvalue weighted by atomic mass is 35.5. The number of benzene rings is 1. The monoisotopic (exact) mass is 346 g/mol. The van der Waals surface area contributed by atoms with Gasteiger partial charge >= 0.3 is 0 Å². The van der Waals surface area contributed by atoms with E-state index in [0.29, 0.717) is 22.2 Å². The van der Waals surface area contributed by atoms with E-state index in [2.05, 4.69) is 5.32 Å². The highest BCUT2D eigenvalue weighted by Crippen LogP contribution is 2.28. The minimum absolute atomic E-state index is 0.0623. The Balaban J connectivity index is 2.73. The third-order valence-electron chi connectivity index (χ3n) is 3.38. The third kappa shape index (κ3) is 5.07. The lowest BCUT2D eigenvalue weighted by molar-refractivity contribution is -0.132. The van der Waals surface area contributed by atoms with Crippen LogP contribution in [0.25, 0.3) is 0 Å². The molecule has 0 saturated heterocycles. The number of nitrogens with one attached hydrogen (secondary N) is 1. The Morgan fingerprint density at radius 3 is 2.45 bits per heavy atom. The fraction of sp³-hybridized carbons (Fsp3) is 0.467. The maximum Gasteiger partial charge on any atom is 0.261 e. The van der Waals surface area contributed by atoms with Gasteiger partial charge in [-0.25, -0.2) is 0 Å². The lowest BCUT2D eigenvalue weighted by atomic mass is 9.98. The molecule has 2 amide bonds. The van der Waals surface area contributed by atoms with Crippen molar-refractivity contribution in [1.82, 2.24) is 5.32 Å². The summed E-state index contributed by atoms with van der Waals surface area (Å²) in [7, 11) is 0. The second-order valence-corrected chi connectivity index (χ2v) is 5.95. The van der Waals surface area contributed by atoms with Crippen LogP contribution in [0, 0.1) is 5.92 Å². The van der Waals surface area contributed by atoms with E-state index in [9.17, 15) is 9.59 Å². The molecule has 1 aromatic carbocycles. The van der Waals surface area contributed by atoms with E-state index in [1.807, 2.05) is 13.8 Å². The first kappa shape index (κ1) is 18.6. The Morgan fingerprint density at radius 1 is 1.32 bits per heavy atom. The topological polar surface area (TPSA) is 81.4 Å². The van der Waals surface area contributed by atoms with Crippen LogP contribution < -0.4 is 15.8 Å². The molecule has 0 heterocycles. The summed E-state index contributed by atoms with van der Waals surface area (Å²) >= 11 is 11.8. The highest BCUT2D eigenvalue weighted by Gasteiger charge is 2.26. The van der Waals surface area contributed by atoms with E-state index in [1.165, 1.54) is 6.07 Å². The Kier molecular flexibility index (Phi) is 6.97. The Morgan fingerprint density at radius 2 is 1.95 bits per heavy atom. The zero-order valence-electron chi connectivity index (χ0n) is 12.7. The molecule has 5 nitrogen and oxygen atoms in total. The van der Waals surface area contributed by atoms with E-state index >= 15 is 0 Å². The van der Waals surface area contributed by atoms with Gasteiger partial charge in [-0.05, 0) is 31.0 Å². The van der Waals surface area contributed by atoms with Gasteiger partial charge in [0.2, 0.25) is 5.91 Å². The van der Waals surface area contributed by atoms with Gasteiger partial charge in [-0.2, -0.15) is 0 Å². The van der Waals surface area contributed by atoms with Crippen molar-refractivity contribution < 1.29 is 14.3 Å². The van der Waals surface area contributed by atoms with Crippen molar-refractivity contribution in [2.45, 2.75) is 39.3 Å². The number of halogens is 2. The van der Waals surface area contributed by atoms with Gasteiger partial charge in [-0.1, -0.05) is 43.5 Å². The summed E-state index contributed by atoms with van der Waals surface area (Å²) < 4.78 is 5.50. The molecule has 1 aromatic rings. The number of amides is 2. The average Bonchev–Trinajstić information content (AvgIpc) is 2.46. The fourth-order valence-corrected chi connectivity index (χ4v) is 2.27. The van der Waals surface area contributed by atoms with Crippen molar-refractivity contribution in [3.05, 3.63) is 28.2 Å². The smallest absolute Gasteiger partial charge is 0.261 e. The van der Waals surface area contributed by atoms with Gasteiger partial charge in [-0.3, -0.25) is 9.59 Å². The fourth-order valence-electron chi connectivity index (χ4n) is 1.81. The van der Waals surface area contributed by atoms with Crippen molar-refractivity contribution in [3.63, 3.8) is 0 Å². The summed E-state index contributed by atoms with van der Waals surface area (Å²) in [4.78, 5) is 23.6. The van der Waals surface area contributed by atoms with Gasteiger partial charge < -0.3 is 15.8 Å². The number of rotatable bonds is 7. The maximum atomic E-state index is 12.1. The number of carbonyl (C=O) groups excluding carboxylic acids is 2. The van der Waals surface area contributed by atoms with Crippen LogP contribution in [0.5, 0.6) is 5.75 Å². The second-order valence-electron chi connectivity index (χ2n) is 5.11. The van der Waals surface area contributed by atoms with Crippen LogP contribution in [-0.4, -0.2) is 24.0 Å². The number of primary amides is 1. The number of carbonyl (C=O) groups is 2. The molecule has 0 bridgehead atoms. The highest BCUT2D eigenvalue weighted by molar-refractivity contribution is 6.35. The number of hydrogen-bond donors (Lipinski definition) is 2. The first-order valence-corrected chi connectivity index (χ1v) is 7.73. The normalized spacial score (nSPS) is 14.8. The van der Waals surface area contributed by atoms with E-state index in [-0.39, 0.29) is 5.92 Å². The van der Waals surface area contributed by atoms with E-state index < -0.39 is 24.0 Å². The predicted octanol–water partition coefficient (Wildman–Crippen LogP) is 2.78. The lowest BCUT2D eigenvalue weighted by Gasteiger charge is -2.23. The second kappa shape index (κ2) is 8.25. The molecule has 3 atom stereocenters. The molecule has 0 fully saturated rings. The van der Waals surface area contributed by atoms with Crippen molar-refractivity contribution in [2.24, 2.45) is 11.7 Å². The van der Waals surface area contributed by atoms with Crippen LogP contribution >= 0.6 is 23.2 Å². The minimum Gasteiger partial charge on any atom is -0.479 e. The van der Waals surface area contributed by atoms with Crippen molar-refractivity contribution in [1.29, 1.82) is 0 Å². The standard InChI is InChI=1S/C15H20Cl2N2O3/c1-4-8(2)13(14(18)20)19-15(21)9(3)22-12-6-5-10(16)7-11(12)17/h5-9,13H,4H2,1-3H3,(H2,18,20)(H,19,21). The number of nitrogens with two attached hydrogens (primary N) is 1. The molecule has 22 heavy (non-hydrogen) atoms. The van der Waals surface area contributed by atoms with Gasteiger partial charge in [0, 0.05) is 5.02 Å². The number of ether oxygens (including phenoxy) is 1. The van der Waals surface area contributed by atoms with Crippen LogP contribution in [0.4, 0.5) is 0 Å². The molecule has 0 saturated carbocycles. The molecule has 0 aliphatic rings. The quantitative estimate of drug-likeness (QED) is 0.796. The summed E-state index contributed by atoms with van der Waals surface area (Å²) in [6.07, 6.45) is -0.115. The van der Waals surface area contributed by atoms with Crippen molar-refractivity contribution in [3.8, 4) is 5.75 Å². The zero-order chi connectivity index (χ0) is 16.9. The molecular formula is C15H20Cl2N2O3. The van der Waals surface area contributed by atoms with Crippen LogP contribution in [0.15, 0.2) is 18.2 Å². The molecule has 122 valence electrons. The summed E-state index contributed by atoms with van der Waals surface area (Å²) in [6.45, 7) is 5.33. The van der Waals surface area contributed by atoms with Crippen LogP contribution in [-0.2, 0) is 9.59 Å². The number of hydrogen-bond acceptors (Lipinski definition) is 3. The van der Waals surface area contributed by atoms with Crippen LogP contribution in [0.2, 0.25) is 10.0 Å². The van der Waals surface area contributed by atoms with E-state index in [1.54, 1.807) is 19.1 Å². The molecule has 3 N–H and O–H groups in total. The Bertz CT molecular complexity index is 552. The van der Waals surface area contributed by atoms with Gasteiger partial charge in [0.25, 0.3) is 5.91 Å². The van der Waals surface area contributed by atoms with Crippen LogP contribution in [0.3, 0.4) is 0 Å². The summed E-state index contributed by atoms with van der Waals surface area (Å²) in [5, 5.41) is 3.39. The predicted molar refractivity (Wildman–Crippen MR) is 87.1 cm³/mol. The van der Waals surface area contributed by atoms with Crippen molar-refractivity contribution in [2.75, 3.05) is 0 Å². The Labute approximate surface area is 140 Å². The summed E-state index contributed by atoms with van der Waals surface area (Å²) in [5.74, 6) is -0.727. The largest absolute Gasteiger partial charge is 0.479 e. The van der Waals surface area contributed by atoms with Gasteiger partial charge in [0.1, 0.15) is 11.8 Å². The van der Waals surface area contributed by atoms with Crippen LogP contribution in [0.1, 0.15) is 27.2 Å². The van der Waals surface area contributed by atoms with E-state index in [4.69, 9.17) is 33.7 Å². The lowest BCUT2D eigenvalue weighted by Crippen LogP contribution is -2.51. The molecule has 1 rings (SSSR count). The molecular weight excluding hydrogens is 327 g/mol. The van der Waals surface area contributed by atoms with Gasteiger partial charge in [0.05, 0.1) is 5.02 Å². The summed E-state index contributed by atoms with van der Waals surface area (Å²) in [5.41, 5.74) is 5.32. The first-order chi connectivity index (χ1) is 10.3. The van der Waals surface area contributed by atoms with E-state index in [0.717, 1.165) is 0 Å². The Hall–Kier alpha value is -1.46. The SMILES string of the molecule is CCC(C)C(NC(=O)C(C)Oc1ccc(Cl)cc1Cl)C(N)=O. The minimum atomic E-state index is -0.829. The van der Waals surface area contributed by atoms with Gasteiger partial charge in [0.15, 0.2) is 6.10 Å².